The van der Waals surface area contributed by atoms with Gasteiger partial charge in [0.15, 0.2) is 0 Å². The molecule has 0 aromatic heterocycles. The Bertz CT molecular complexity index is 821. The smallest absolute Gasteiger partial charge is 0.265 e. The fourth-order valence-corrected chi connectivity index (χ4v) is 3.11. The number of rotatable bonds is 5. The van der Waals surface area contributed by atoms with Crippen molar-refractivity contribution in [3.05, 3.63) is 53.8 Å². The Morgan fingerprint density at radius 3 is 2.55 bits per heavy atom. The third-order valence-corrected chi connectivity index (χ3v) is 4.24. The number of hydrogen-bond acceptors (Lipinski definition) is 4. The molecule has 3 N–H and O–H groups in total. The van der Waals surface area contributed by atoms with E-state index in [1.165, 1.54) is 31.4 Å². The molecule has 22 heavy (non-hydrogen) atoms. The van der Waals surface area contributed by atoms with Crippen LogP contribution in [0.15, 0.2) is 47.4 Å². The zero-order chi connectivity index (χ0) is 16.3. The number of para-hydroxylation sites is 1. The maximum Gasteiger partial charge on any atom is 0.265 e. The van der Waals surface area contributed by atoms with Gasteiger partial charge in [0.05, 0.1) is 18.4 Å². The second kappa shape index (κ2) is 6.02. The van der Waals surface area contributed by atoms with Crippen molar-refractivity contribution in [1.29, 1.82) is 0 Å². The summed E-state index contributed by atoms with van der Waals surface area (Å²) in [5.41, 5.74) is 5.20. The first-order valence-corrected chi connectivity index (χ1v) is 7.58. The highest BCUT2D eigenvalue weighted by molar-refractivity contribution is 7.92. The molecule has 0 atom stereocenters. The lowest BCUT2D eigenvalue weighted by molar-refractivity contribution is 0.100. The zero-order valence-corrected chi connectivity index (χ0v) is 12.4. The molecule has 2 aromatic carbocycles. The van der Waals surface area contributed by atoms with E-state index in [4.69, 9.17) is 10.5 Å². The van der Waals surface area contributed by atoms with Gasteiger partial charge >= 0.3 is 0 Å². The summed E-state index contributed by atoms with van der Waals surface area (Å²) in [6.07, 6.45) is 0. The lowest BCUT2D eigenvalue weighted by Gasteiger charge is -2.13. The molecule has 0 spiro atoms. The predicted molar refractivity (Wildman–Crippen MR) is 78.7 cm³/mol. The number of nitrogens with one attached hydrogen (secondary N) is 1. The van der Waals surface area contributed by atoms with Gasteiger partial charge in [-0.05, 0) is 30.3 Å². The van der Waals surface area contributed by atoms with Crippen LogP contribution in [0, 0.1) is 5.82 Å². The summed E-state index contributed by atoms with van der Waals surface area (Å²) in [4.78, 5) is 10.9. The van der Waals surface area contributed by atoms with E-state index in [1.54, 1.807) is 6.07 Å². The average Bonchev–Trinajstić information content (AvgIpc) is 2.47. The van der Waals surface area contributed by atoms with Gasteiger partial charge in [-0.15, -0.1) is 0 Å². The summed E-state index contributed by atoms with van der Waals surface area (Å²) in [5, 5.41) is 0. The number of ether oxygens (including phenoxy) is 1. The van der Waals surface area contributed by atoms with E-state index in [-0.39, 0.29) is 21.9 Å². The maximum absolute atomic E-state index is 13.3. The molecule has 2 rings (SSSR count). The SMILES string of the molecule is COc1ccc(F)cc1S(=O)(=O)Nc1ccccc1C(N)=O. The largest absolute Gasteiger partial charge is 0.495 e. The molecule has 0 aliphatic rings. The Balaban J connectivity index is 2.50. The third kappa shape index (κ3) is 3.17. The van der Waals surface area contributed by atoms with E-state index in [2.05, 4.69) is 4.72 Å². The standard InChI is InChI=1S/C14H13FN2O4S/c1-21-12-7-6-9(15)8-13(12)22(19,20)17-11-5-3-2-4-10(11)14(16)18/h2-8,17H,1H3,(H2,16,18). The second-order valence-electron chi connectivity index (χ2n) is 4.31. The van der Waals surface area contributed by atoms with E-state index in [9.17, 15) is 17.6 Å². The van der Waals surface area contributed by atoms with Crippen LogP contribution in [0.1, 0.15) is 10.4 Å². The van der Waals surface area contributed by atoms with Crippen LogP contribution in [0.3, 0.4) is 0 Å². The predicted octanol–water partition coefficient (Wildman–Crippen LogP) is 1.73. The number of halogens is 1. The fraction of sp³-hybridized carbons (Fsp3) is 0.0714. The van der Waals surface area contributed by atoms with Crippen molar-refractivity contribution in [1.82, 2.24) is 0 Å². The number of benzene rings is 2. The number of carbonyl (C=O) groups excluding carboxylic acids is 1. The number of anilines is 1. The lowest BCUT2D eigenvalue weighted by atomic mass is 10.2. The summed E-state index contributed by atoms with van der Waals surface area (Å²) >= 11 is 0. The molecule has 116 valence electrons. The molecule has 0 saturated heterocycles. The van der Waals surface area contributed by atoms with Crippen molar-refractivity contribution >= 4 is 21.6 Å². The van der Waals surface area contributed by atoms with Gasteiger partial charge in [0.25, 0.3) is 15.9 Å². The first kappa shape index (κ1) is 15.8. The van der Waals surface area contributed by atoms with Crippen LogP contribution in [0.4, 0.5) is 10.1 Å². The van der Waals surface area contributed by atoms with Crippen LogP contribution in [0.5, 0.6) is 5.75 Å². The van der Waals surface area contributed by atoms with Crippen molar-refractivity contribution in [3.63, 3.8) is 0 Å². The average molecular weight is 324 g/mol. The van der Waals surface area contributed by atoms with Gasteiger partial charge in [0, 0.05) is 0 Å². The number of carbonyl (C=O) groups is 1. The zero-order valence-electron chi connectivity index (χ0n) is 11.5. The molecule has 1 amide bonds. The molecule has 0 radical (unpaired) electrons. The number of hydrogen-bond donors (Lipinski definition) is 2. The van der Waals surface area contributed by atoms with E-state index < -0.39 is 21.7 Å². The van der Waals surface area contributed by atoms with Crippen molar-refractivity contribution in [3.8, 4) is 5.75 Å². The summed E-state index contributed by atoms with van der Waals surface area (Å²) in [7, 11) is -2.89. The number of primary amides is 1. The highest BCUT2D eigenvalue weighted by Crippen LogP contribution is 2.27. The number of sulfonamides is 1. The first-order chi connectivity index (χ1) is 10.3. The summed E-state index contributed by atoms with van der Waals surface area (Å²) < 4.78 is 45.3. The molecular weight excluding hydrogens is 311 g/mol. The topological polar surface area (TPSA) is 98.5 Å². The first-order valence-electron chi connectivity index (χ1n) is 6.10. The van der Waals surface area contributed by atoms with Gasteiger partial charge in [-0.3, -0.25) is 9.52 Å². The van der Waals surface area contributed by atoms with Crippen molar-refractivity contribution in [2.24, 2.45) is 5.73 Å². The maximum atomic E-state index is 13.3. The molecule has 0 aliphatic heterocycles. The molecule has 0 heterocycles. The molecule has 8 heteroatoms. The third-order valence-electron chi connectivity index (χ3n) is 2.85. The highest BCUT2D eigenvalue weighted by Gasteiger charge is 2.22. The van der Waals surface area contributed by atoms with Crippen LogP contribution in [0.25, 0.3) is 0 Å². The Morgan fingerprint density at radius 2 is 1.91 bits per heavy atom. The minimum Gasteiger partial charge on any atom is -0.495 e. The van der Waals surface area contributed by atoms with Gasteiger partial charge in [-0.2, -0.15) is 0 Å². The van der Waals surface area contributed by atoms with Crippen LogP contribution in [-0.2, 0) is 10.0 Å². The molecule has 6 nitrogen and oxygen atoms in total. The Hall–Kier alpha value is -2.61. The minimum atomic E-state index is -4.16. The van der Waals surface area contributed by atoms with E-state index in [1.807, 2.05) is 0 Å². The van der Waals surface area contributed by atoms with Crippen molar-refractivity contribution in [2.45, 2.75) is 4.90 Å². The summed E-state index contributed by atoms with van der Waals surface area (Å²) in [6, 6.07) is 8.94. The molecule has 0 saturated carbocycles. The minimum absolute atomic E-state index is 0.00122. The van der Waals surface area contributed by atoms with E-state index >= 15 is 0 Å². The molecule has 0 fully saturated rings. The van der Waals surface area contributed by atoms with Crippen molar-refractivity contribution in [2.75, 3.05) is 11.8 Å². The lowest BCUT2D eigenvalue weighted by Crippen LogP contribution is -2.19. The molecule has 0 bridgehead atoms. The van der Waals surface area contributed by atoms with Crippen molar-refractivity contribution < 1.29 is 22.3 Å². The molecule has 0 aliphatic carbocycles. The second-order valence-corrected chi connectivity index (χ2v) is 5.96. The Labute approximate surface area is 126 Å². The molecular formula is C14H13FN2O4S. The quantitative estimate of drug-likeness (QED) is 0.875. The normalized spacial score (nSPS) is 11.0. The van der Waals surface area contributed by atoms with Gasteiger partial charge < -0.3 is 10.5 Å². The van der Waals surface area contributed by atoms with E-state index in [0.29, 0.717) is 0 Å². The van der Waals surface area contributed by atoms with Crippen LogP contribution in [-0.4, -0.2) is 21.4 Å². The van der Waals surface area contributed by atoms with Gasteiger partial charge in [0.2, 0.25) is 0 Å². The Kier molecular flexibility index (Phi) is 4.32. The summed E-state index contributed by atoms with van der Waals surface area (Å²) in [5.74, 6) is -1.54. The molecule has 0 unspecified atom stereocenters. The summed E-state index contributed by atoms with van der Waals surface area (Å²) in [6.45, 7) is 0. The Morgan fingerprint density at radius 1 is 1.23 bits per heavy atom. The van der Waals surface area contributed by atoms with Gasteiger partial charge in [0.1, 0.15) is 16.5 Å². The monoisotopic (exact) mass is 324 g/mol. The number of amides is 1. The highest BCUT2D eigenvalue weighted by atomic mass is 32.2. The van der Waals surface area contributed by atoms with E-state index in [0.717, 1.165) is 12.1 Å². The number of nitrogens with two attached hydrogens (primary N) is 1. The number of methoxy groups -OCH3 is 1. The fourth-order valence-electron chi connectivity index (χ4n) is 1.85. The molecule has 2 aromatic rings. The van der Waals surface area contributed by atoms with Crippen LogP contribution in [0.2, 0.25) is 0 Å². The van der Waals surface area contributed by atoms with Crippen LogP contribution < -0.4 is 15.2 Å². The van der Waals surface area contributed by atoms with Gasteiger partial charge in [-0.25, -0.2) is 12.8 Å². The van der Waals surface area contributed by atoms with Gasteiger partial charge in [-0.1, -0.05) is 12.1 Å². The van der Waals surface area contributed by atoms with Crippen LogP contribution >= 0.6 is 0 Å².